The van der Waals surface area contributed by atoms with Gasteiger partial charge < -0.3 is 24.3 Å². The molecule has 0 aromatic heterocycles. The first-order valence-electron chi connectivity index (χ1n) is 8.36. The lowest BCUT2D eigenvalue weighted by Gasteiger charge is -2.14. The zero-order valence-electron chi connectivity index (χ0n) is 15.6. The normalized spacial score (nSPS) is 10.2. The number of rotatable bonds is 9. The number of methoxy groups -OCH3 is 3. The maximum Gasteiger partial charge on any atom is 0.224 e. The molecule has 0 heterocycles. The minimum absolute atomic E-state index is 0.105. The second-order valence-corrected chi connectivity index (χ2v) is 5.73. The lowest BCUT2D eigenvalue weighted by Crippen LogP contribution is -2.13. The Hall–Kier alpha value is -2.89. The fraction of sp³-hybridized carbons (Fsp3) is 0.350. The molecular weight excluding hydrogens is 334 g/mol. The Labute approximate surface area is 154 Å². The minimum Gasteiger partial charge on any atom is -0.494 e. The van der Waals surface area contributed by atoms with E-state index in [1.807, 2.05) is 31.2 Å². The zero-order valence-corrected chi connectivity index (χ0v) is 15.6. The average Bonchev–Trinajstić information content (AvgIpc) is 2.65. The van der Waals surface area contributed by atoms with E-state index in [1.54, 1.807) is 12.1 Å². The number of carbonyl (C=O) groups excluding carboxylic acids is 1. The molecule has 140 valence electrons. The Morgan fingerprint density at radius 2 is 1.58 bits per heavy atom. The third kappa shape index (κ3) is 5.31. The molecule has 0 saturated carbocycles. The number of anilines is 1. The van der Waals surface area contributed by atoms with Gasteiger partial charge in [-0.1, -0.05) is 17.7 Å². The van der Waals surface area contributed by atoms with E-state index in [4.69, 9.17) is 18.9 Å². The largest absolute Gasteiger partial charge is 0.494 e. The number of carbonyl (C=O) groups is 1. The summed E-state index contributed by atoms with van der Waals surface area (Å²) in [5, 5.41) is 2.84. The molecule has 0 bridgehead atoms. The van der Waals surface area contributed by atoms with Gasteiger partial charge >= 0.3 is 0 Å². The topological polar surface area (TPSA) is 66.0 Å². The van der Waals surface area contributed by atoms with Crippen molar-refractivity contribution in [3.05, 3.63) is 42.0 Å². The van der Waals surface area contributed by atoms with E-state index >= 15 is 0 Å². The number of ether oxygens (including phenoxy) is 4. The third-order valence-electron chi connectivity index (χ3n) is 3.79. The second kappa shape index (κ2) is 9.56. The molecule has 0 spiro atoms. The molecule has 1 amide bonds. The molecule has 1 N–H and O–H groups in total. The fourth-order valence-electron chi connectivity index (χ4n) is 2.43. The molecule has 0 fully saturated rings. The first-order valence-corrected chi connectivity index (χ1v) is 8.36. The molecule has 0 saturated heterocycles. The van der Waals surface area contributed by atoms with Crippen LogP contribution in [0.1, 0.15) is 18.4 Å². The van der Waals surface area contributed by atoms with E-state index in [-0.39, 0.29) is 5.91 Å². The van der Waals surface area contributed by atoms with Crippen LogP contribution in [-0.4, -0.2) is 33.8 Å². The van der Waals surface area contributed by atoms with Crippen LogP contribution < -0.4 is 24.3 Å². The van der Waals surface area contributed by atoms with Crippen LogP contribution in [0.25, 0.3) is 0 Å². The van der Waals surface area contributed by atoms with Gasteiger partial charge in [-0.15, -0.1) is 0 Å². The maximum atomic E-state index is 12.1. The van der Waals surface area contributed by atoms with Crippen LogP contribution in [0, 0.1) is 6.92 Å². The van der Waals surface area contributed by atoms with Gasteiger partial charge in [0, 0.05) is 24.2 Å². The number of aryl methyl sites for hydroxylation is 1. The van der Waals surface area contributed by atoms with E-state index in [0.717, 1.165) is 5.75 Å². The Morgan fingerprint density at radius 1 is 0.962 bits per heavy atom. The van der Waals surface area contributed by atoms with Crippen molar-refractivity contribution in [2.45, 2.75) is 19.8 Å². The summed E-state index contributed by atoms with van der Waals surface area (Å²) in [5.74, 6) is 2.17. The zero-order chi connectivity index (χ0) is 18.9. The lowest BCUT2D eigenvalue weighted by molar-refractivity contribution is -0.116. The Bertz CT molecular complexity index is 702. The summed E-state index contributed by atoms with van der Waals surface area (Å²) in [4.78, 5) is 12.1. The monoisotopic (exact) mass is 359 g/mol. The van der Waals surface area contributed by atoms with Gasteiger partial charge in [0.25, 0.3) is 0 Å². The first-order chi connectivity index (χ1) is 12.6. The minimum atomic E-state index is -0.105. The molecule has 0 radical (unpaired) electrons. The van der Waals surface area contributed by atoms with E-state index < -0.39 is 0 Å². The van der Waals surface area contributed by atoms with Gasteiger partial charge in [-0.3, -0.25) is 4.79 Å². The van der Waals surface area contributed by atoms with Crippen LogP contribution >= 0.6 is 0 Å². The highest BCUT2D eigenvalue weighted by atomic mass is 16.5. The van der Waals surface area contributed by atoms with Gasteiger partial charge in [-0.25, -0.2) is 0 Å². The van der Waals surface area contributed by atoms with Crippen molar-refractivity contribution in [2.75, 3.05) is 33.3 Å². The van der Waals surface area contributed by atoms with Gasteiger partial charge in [-0.2, -0.15) is 0 Å². The van der Waals surface area contributed by atoms with Crippen molar-refractivity contribution in [2.24, 2.45) is 0 Å². The molecule has 2 aromatic carbocycles. The van der Waals surface area contributed by atoms with Gasteiger partial charge in [0.05, 0.1) is 27.9 Å². The maximum absolute atomic E-state index is 12.1. The van der Waals surface area contributed by atoms with Crippen LogP contribution in [0.5, 0.6) is 23.0 Å². The highest BCUT2D eigenvalue weighted by molar-refractivity contribution is 5.91. The molecule has 6 heteroatoms. The van der Waals surface area contributed by atoms with Crippen molar-refractivity contribution in [1.82, 2.24) is 0 Å². The van der Waals surface area contributed by atoms with Crippen molar-refractivity contribution in [3.8, 4) is 23.0 Å². The number of nitrogens with one attached hydrogen (secondary N) is 1. The SMILES string of the molecule is COc1cc(NC(=O)CCCOc2ccc(C)cc2)cc(OC)c1OC. The van der Waals surface area contributed by atoms with Crippen molar-refractivity contribution < 1.29 is 23.7 Å². The predicted molar refractivity (Wildman–Crippen MR) is 101 cm³/mol. The molecule has 0 aliphatic heterocycles. The van der Waals surface area contributed by atoms with Gasteiger partial charge in [0.15, 0.2) is 11.5 Å². The molecule has 2 aromatic rings. The van der Waals surface area contributed by atoms with Crippen LogP contribution in [0.4, 0.5) is 5.69 Å². The van der Waals surface area contributed by atoms with Crippen molar-refractivity contribution >= 4 is 11.6 Å². The number of hydrogen-bond donors (Lipinski definition) is 1. The first kappa shape index (κ1) is 19.4. The third-order valence-corrected chi connectivity index (χ3v) is 3.79. The summed E-state index contributed by atoms with van der Waals surface area (Å²) in [6.45, 7) is 2.50. The summed E-state index contributed by atoms with van der Waals surface area (Å²) in [6.07, 6.45) is 0.965. The summed E-state index contributed by atoms with van der Waals surface area (Å²) in [6, 6.07) is 11.2. The lowest BCUT2D eigenvalue weighted by atomic mass is 10.2. The van der Waals surface area contributed by atoms with E-state index in [9.17, 15) is 4.79 Å². The van der Waals surface area contributed by atoms with Gasteiger partial charge in [0.2, 0.25) is 11.7 Å². The summed E-state index contributed by atoms with van der Waals surface area (Å²) < 4.78 is 21.5. The summed E-state index contributed by atoms with van der Waals surface area (Å²) in [7, 11) is 4.60. The van der Waals surface area contributed by atoms with E-state index in [1.165, 1.54) is 26.9 Å². The van der Waals surface area contributed by atoms with Crippen molar-refractivity contribution in [1.29, 1.82) is 0 Å². The Kier molecular flexibility index (Phi) is 7.14. The molecule has 0 aliphatic rings. The van der Waals surface area contributed by atoms with Crippen LogP contribution in [0.3, 0.4) is 0 Å². The van der Waals surface area contributed by atoms with Crippen LogP contribution in [0.15, 0.2) is 36.4 Å². The number of amides is 1. The molecule has 0 aliphatic carbocycles. The van der Waals surface area contributed by atoms with Crippen LogP contribution in [-0.2, 0) is 4.79 Å². The van der Waals surface area contributed by atoms with Crippen LogP contribution in [0.2, 0.25) is 0 Å². The standard InChI is InChI=1S/C20H25NO5/c1-14-7-9-16(10-8-14)26-11-5-6-19(22)21-15-12-17(23-2)20(25-4)18(13-15)24-3/h7-10,12-13H,5-6,11H2,1-4H3,(H,21,22). The Balaban J connectivity index is 1.86. The molecule has 0 unspecified atom stereocenters. The van der Waals surface area contributed by atoms with Crippen molar-refractivity contribution in [3.63, 3.8) is 0 Å². The predicted octanol–water partition coefficient (Wildman–Crippen LogP) is 3.82. The quantitative estimate of drug-likeness (QED) is 0.690. The smallest absolute Gasteiger partial charge is 0.224 e. The van der Waals surface area contributed by atoms with Gasteiger partial charge in [-0.05, 0) is 25.5 Å². The Morgan fingerprint density at radius 3 is 2.12 bits per heavy atom. The number of benzene rings is 2. The highest BCUT2D eigenvalue weighted by Crippen LogP contribution is 2.39. The highest BCUT2D eigenvalue weighted by Gasteiger charge is 2.14. The summed E-state index contributed by atoms with van der Waals surface area (Å²) in [5.41, 5.74) is 1.77. The second-order valence-electron chi connectivity index (χ2n) is 5.73. The van der Waals surface area contributed by atoms with E-state index in [2.05, 4.69) is 5.32 Å². The van der Waals surface area contributed by atoms with Gasteiger partial charge in [0.1, 0.15) is 5.75 Å². The molecular formula is C20H25NO5. The molecule has 6 nitrogen and oxygen atoms in total. The number of hydrogen-bond acceptors (Lipinski definition) is 5. The summed E-state index contributed by atoms with van der Waals surface area (Å²) >= 11 is 0. The average molecular weight is 359 g/mol. The molecule has 26 heavy (non-hydrogen) atoms. The fourth-order valence-corrected chi connectivity index (χ4v) is 2.43. The molecule has 2 rings (SSSR count). The molecule has 0 atom stereocenters. The van der Waals surface area contributed by atoms with E-state index in [0.29, 0.717) is 42.4 Å².